The Labute approximate surface area is 199 Å². The number of aliphatic carboxylic acids is 1. The Kier molecular flexibility index (Phi) is 7.11. The van der Waals surface area contributed by atoms with Gasteiger partial charge in [-0.15, -0.1) is 0 Å². The number of methoxy groups -OCH3 is 1. The molecule has 2 aromatic carbocycles. The van der Waals surface area contributed by atoms with Crippen molar-refractivity contribution in [3.05, 3.63) is 59.7 Å². The molecule has 0 saturated heterocycles. The highest BCUT2D eigenvalue weighted by molar-refractivity contribution is 5.94. The normalized spacial score (nSPS) is 16.3. The van der Waals surface area contributed by atoms with E-state index >= 15 is 0 Å². The number of amides is 2. The molecule has 0 aliphatic heterocycles. The molecule has 0 saturated carbocycles. The Morgan fingerprint density at radius 3 is 1.91 bits per heavy atom. The van der Waals surface area contributed by atoms with E-state index in [9.17, 15) is 32.7 Å². The number of alkyl halides is 3. The molecule has 2 atom stereocenters. The van der Waals surface area contributed by atoms with Gasteiger partial charge in [-0.25, -0.2) is 9.59 Å². The van der Waals surface area contributed by atoms with Crippen LogP contribution in [0.4, 0.5) is 18.0 Å². The average Bonchev–Trinajstić information content (AvgIpc) is 3.10. The minimum atomic E-state index is -5.27. The van der Waals surface area contributed by atoms with Crippen molar-refractivity contribution in [1.82, 2.24) is 10.6 Å². The van der Waals surface area contributed by atoms with Crippen LogP contribution in [0.3, 0.4) is 0 Å². The van der Waals surface area contributed by atoms with Gasteiger partial charge in [-0.05, 0) is 36.1 Å². The van der Waals surface area contributed by atoms with E-state index in [0.717, 1.165) is 36.3 Å². The molecule has 3 N–H and O–H groups in total. The van der Waals surface area contributed by atoms with Gasteiger partial charge in [0.05, 0.1) is 6.61 Å². The summed E-state index contributed by atoms with van der Waals surface area (Å²) in [6.07, 6.45) is -6.75. The predicted molar refractivity (Wildman–Crippen MR) is 119 cm³/mol. The van der Waals surface area contributed by atoms with Crippen molar-refractivity contribution in [2.24, 2.45) is 0 Å². The van der Waals surface area contributed by atoms with Crippen molar-refractivity contribution >= 4 is 18.0 Å². The van der Waals surface area contributed by atoms with Gasteiger partial charge in [0, 0.05) is 13.0 Å². The van der Waals surface area contributed by atoms with Gasteiger partial charge in [0.2, 0.25) is 5.54 Å². The van der Waals surface area contributed by atoms with Crippen LogP contribution < -0.4 is 10.6 Å². The molecule has 2 unspecified atom stereocenters. The minimum absolute atomic E-state index is 0.272. The monoisotopic (exact) mass is 494 g/mol. The van der Waals surface area contributed by atoms with Gasteiger partial charge >= 0.3 is 18.2 Å². The number of nitrogens with one attached hydrogen (secondary N) is 2. The van der Waals surface area contributed by atoms with Crippen LogP contribution in [0.25, 0.3) is 11.1 Å². The first-order chi connectivity index (χ1) is 16.3. The molecule has 8 nitrogen and oxygen atoms in total. The second-order valence-corrected chi connectivity index (χ2v) is 8.60. The van der Waals surface area contributed by atoms with E-state index < -0.39 is 47.7 Å². The molecule has 2 aromatic rings. The fraction of sp³-hybridized carbons (Fsp3) is 0.375. The Morgan fingerprint density at radius 1 is 0.943 bits per heavy atom. The Hall–Kier alpha value is -3.60. The number of carboxylic acid groups (broad SMARTS) is 1. The number of ether oxygens (including phenoxy) is 2. The second kappa shape index (κ2) is 9.57. The number of hydrogen-bond acceptors (Lipinski definition) is 5. The van der Waals surface area contributed by atoms with Crippen LogP contribution in [0.1, 0.15) is 30.9 Å². The molecular formula is C24H25F3N2O6. The summed E-state index contributed by atoms with van der Waals surface area (Å²) in [5, 5.41) is 12.7. The zero-order valence-electron chi connectivity index (χ0n) is 19.2. The number of hydrogen-bond donors (Lipinski definition) is 3. The molecule has 35 heavy (non-hydrogen) atoms. The summed E-state index contributed by atoms with van der Waals surface area (Å²) in [4.78, 5) is 36.6. The van der Waals surface area contributed by atoms with E-state index in [2.05, 4.69) is 0 Å². The van der Waals surface area contributed by atoms with E-state index in [1.54, 1.807) is 5.32 Å². The Morgan fingerprint density at radius 2 is 1.46 bits per heavy atom. The van der Waals surface area contributed by atoms with Crippen molar-refractivity contribution in [2.45, 2.75) is 37.0 Å². The molecular weight excluding hydrogens is 469 g/mol. The van der Waals surface area contributed by atoms with E-state index in [-0.39, 0.29) is 6.61 Å². The highest BCUT2D eigenvalue weighted by Gasteiger charge is 2.59. The first-order valence-electron chi connectivity index (χ1n) is 10.6. The maximum absolute atomic E-state index is 13.9. The molecule has 2 amide bonds. The number of halogens is 3. The number of carbonyl (C=O) groups is 3. The summed E-state index contributed by atoms with van der Waals surface area (Å²) >= 11 is 0. The molecule has 3 rings (SSSR count). The number of carboxylic acids is 1. The predicted octanol–water partition coefficient (Wildman–Crippen LogP) is 3.45. The van der Waals surface area contributed by atoms with Crippen molar-refractivity contribution in [3.8, 4) is 11.1 Å². The van der Waals surface area contributed by atoms with Crippen molar-refractivity contribution in [1.29, 1.82) is 0 Å². The third-order valence-electron chi connectivity index (χ3n) is 6.01. The summed E-state index contributed by atoms with van der Waals surface area (Å²) in [5.41, 5.74) is -2.06. The van der Waals surface area contributed by atoms with Crippen LogP contribution in [-0.2, 0) is 19.1 Å². The Balaban J connectivity index is 1.78. The summed E-state index contributed by atoms with van der Waals surface area (Å²) < 4.78 is 51.6. The number of rotatable bonds is 8. The molecule has 0 radical (unpaired) electrons. The molecule has 0 spiro atoms. The summed E-state index contributed by atoms with van der Waals surface area (Å²) in [7, 11) is 1.13. The first kappa shape index (κ1) is 26.0. The van der Waals surface area contributed by atoms with E-state index in [1.165, 1.54) is 0 Å². The topological polar surface area (TPSA) is 114 Å². The van der Waals surface area contributed by atoms with Gasteiger partial charge in [-0.3, -0.25) is 10.1 Å². The average molecular weight is 494 g/mol. The lowest BCUT2D eigenvalue weighted by Gasteiger charge is -2.35. The van der Waals surface area contributed by atoms with Crippen LogP contribution in [0, 0.1) is 0 Å². The number of alkyl carbamates (subject to hydrolysis) is 1. The van der Waals surface area contributed by atoms with Crippen molar-refractivity contribution in [2.75, 3.05) is 20.3 Å². The largest absolute Gasteiger partial charge is 0.479 e. The lowest BCUT2D eigenvalue weighted by molar-refractivity contribution is -0.196. The number of fused-ring (bicyclic) bond motifs is 3. The second-order valence-electron chi connectivity index (χ2n) is 8.60. The van der Waals surface area contributed by atoms with E-state index in [4.69, 9.17) is 9.47 Å². The van der Waals surface area contributed by atoms with Gasteiger partial charge in [-0.2, -0.15) is 13.2 Å². The van der Waals surface area contributed by atoms with Crippen LogP contribution in [0.2, 0.25) is 0 Å². The molecule has 1 aliphatic carbocycles. The van der Waals surface area contributed by atoms with Gasteiger partial charge in [0.25, 0.3) is 5.91 Å². The zero-order valence-corrected chi connectivity index (χ0v) is 19.2. The molecule has 0 bridgehead atoms. The minimum Gasteiger partial charge on any atom is -0.479 e. The van der Waals surface area contributed by atoms with Gasteiger partial charge in [0.15, 0.2) is 5.54 Å². The maximum Gasteiger partial charge on any atom is 0.420 e. The van der Waals surface area contributed by atoms with Crippen molar-refractivity contribution in [3.63, 3.8) is 0 Å². The fourth-order valence-corrected chi connectivity index (χ4v) is 3.91. The molecule has 1 aliphatic rings. The van der Waals surface area contributed by atoms with Crippen LogP contribution in [-0.4, -0.2) is 60.7 Å². The quantitative estimate of drug-likeness (QED) is 0.518. The number of benzene rings is 2. The van der Waals surface area contributed by atoms with Crippen LogP contribution in [0.5, 0.6) is 0 Å². The summed E-state index contributed by atoms with van der Waals surface area (Å²) in [5.74, 6) is -3.80. The maximum atomic E-state index is 13.9. The third kappa shape index (κ3) is 4.95. The molecule has 0 heterocycles. The lowest BCUT2D eigenvalue weighted by atomic mass is 9.96. The first-order valence-corrected chi connectivity index (χ1v) is 10.6. The standard InChI is InChI=1S/C24H25F3N2O6/c1-22(13-34-3,20(31)32)28-19(30)23(2,24(25,26)27)29-21(33)35-12-18-16-10-6-4-8-14(16)15-9-5-7-11-17(15)18/h4-11,18H,12-13H2,1-3H3,(H,28,30)(H,29,33)(H,31,32). The molecule has 188 valence electrons. The van der Waals surface area contributed by atoms with E-state index in [1.807, 2.05) is 53.8 Å². The van der Waals surface area contributed by atoms with Crippen molar-refractivity contribution < 1.29 is 42.1 Å². The highest BCUT2D eigenvalue weighted by Crippen LogP contribution is 2.44. The van der Waals surface area contributed by atoms with Crippen LogP contribution in [0.15, 0.2) is 48.5 Å². The summed E-state index contributed by atoms with van der Waals surface area (Å²) in [6, 6.07) is 14.8. The van der Waals surface area contributed by atoms with Crippen LogP contribution >= 0.6 is 0 Å². The lowest BCUT2D eigenvalue weighted by Crippen LogP contribution is -2.69. The number of carbonyl (C=O) groups excluding carboxylic acids is 2. The Bertz CT molecular complexity index is 1090. The molecule has 0 fully saturated rings. The fourth-order valence-electron chi connectivity index (χ4n) is 3.91. The van der Waals surface area contributed by atoms with E-state index in [0.29, 0.717) is 6.92 Å². The highest BCUT2D eigenvalue weighted by atomic mass is 19.4. The van der Waals surface area contributed by atoms with Gasteiger partial charge in [-0.1, -0.05) is 48.5 Å². The molecule has 11 heteroatoms. The smallest absolute Gasteiger partial charge is 0.420 e. The van der Waals surface area contributed by atoms with Gasteiger partial charge in [0.1, 0.15) is 6.61 Å². The van der Waals surface area contributed by atoms with Gasteiger partial charge < -0.3 is 19.9 Å². The molecule has 0 aromatic heterocycles. The zero-order chi connectivity index (χ0) is 26.0. The summed E-state index contributed by atoms with van der Waals surface area (Å²) in [6.45, 7) is 0.540. The third-order valence-corrected chi connectivity index (χ3v) is 6.01. The SMILES string of the molecule is COCC(C)(NC(=O)C(C)(NC(=O)OCC1c2ccccc2-c2ccccc21)C(F)(F)F)C(=O)O.